The van der Waals surface area contributed by atoms with Crippen molar-refractivity contribution in [2.24, 2.45) is 0 Å². The lowest BCUT2D eigenvalue weighted by molar-refractivity contribution is 0.674. The molecule has 1 nitrogen and oxygen atoms in total. The van der Waals surface area contributed by atoms with Gasteiger partial charge in [-0.3, -0.25) is 0 Å². The summed E-state index contributed by atoms with van der Waals surface area (Å²) in [6.45, 7) is 8.70. The Bertz CT molecular complexity index is 311. The fourth-order valence-corrected chi connectivity index (χ4v) is 2.48. The molecule has 0 heterocycles. The molecule has 1 N–H and O–H groups in total. The maximum Gasteiger partial charge on any atom is 0.0210 e. The lowest BCUT2D eigenvalue weighted by Crippen LogP contribution is -2.16. The van der Waals surface area contributed by atoms with Crippen LogP contribution in [0.4, 0.5) is 0 Å². The summed E-state index contributed by atoms with van der Waals surface area (Å²) >= 11 is 1.92. The highest BCUT2D eigenvalue weighted by Gasteiger charge is 2.02. The van der Waals surface area contributed by atoms with Gasteiger partial charge in [-0.2, -0.15) is 11.8 Å². The summed E-state index contributed by atoms with van der Waals surface area (Å²) in [5, 5.41) is 3.52. The average molecular weight is 237 g/mol. The van der Waals surface area contributed by atoms with E-state index in [1.54, 1.807) is 0 Å². The van der Waals surface area contributed by atoms with E-state index in [9.17, 15) is 0 Å². The van der Waals surface area contributed by atoms with Crippen molar-refractivity contribution in [3.63, 3.8) is 0 Å². The molecular formula is C14H23NS. The molecule has 0 saturated heterocycles. The number of nitrogens with one attached hydrogen (secondary N) is 1. The van der Waals surface area contributed by atoms with Gasteiger partial charge in [-0.15, -0.1) is 0 Å². The van der Waals surface area contributed by atoms with Crippen LogP contribution in [0.3, 0.4) is 0 Å². The second kappa shape index (κ2) is 6.97. The highest BCUT2D eigenvalue weighted by molar-refractivity contribution is 7.98. The third-order valence-electron chi connectivity index (χ3n) is 2.84. The topological polar surface area (TPSA) is 12.0 Å². The van der Waals surface area contributed by atoms with Gasteiger partial charge in [0.05, 0.1) is 0 Å². The first-order chi connectivity index (χ1) is 7.65. The van der Waals surface area contributed by atoms with E-state index in [0.717, 1.165) is 13.1 Å². The van der Waals surface area contributed by atoms with E-state index in [1.165, 1.54) is 34.4 Å². The van der Waals surface area contributed by atoms with Crippen molar-refractivity contribution < 1.29 is 0 Å². The average Bonchev–Trinajstić information content (AvgIpc) is 2.20. The van der Waals surface area contributed by atoms with Crippen LogP contribution in [0.1, 0.15) is 28.7 Å². The third kappa shape index (κ3) is 4.18. The zero-order chi connectivity index (χ0) is 12.0. The Morgan fingerprint density at radius 1 is 1.12 bits per heavy atom. The molecule has 1 aromatic carbocycles. The van der Waals surface area contributed by atoms with E-state index in [-0.39, 0.29) is 0 Å². The van der Waals surface area contributed by atoms with Crippen molar-refractivity contribution in [1.29, 1.82) is 0 Å². The molecule has 0 bridgehead atoms. The molecule has 0 aliphatic carbocycles. The molecule has 1 aromatic rings. The first-order valence-electron chi connectivity index (χ1n) is 5.91. The molecule has 0 aromatic heterocycles. The molecule has 0 atom stereocenters. The van der Waals surface area contributed by atoms with E-state index in [2.05, 4.69) is 44.5 Å². The van der Waals surface area contributed by atoms with Crippen LogP contribution in [0.2, 0.25) is 0 Å². The predicted octanol–water partition coefficient (Wildman–Crippen LogP) is 3.45. The Morgan fingerprint density at radius 2 is 1.75 bits per heavy atom. The summed E-state index contributed by atoms with van der Waals surface area (Å²) in [6.07, 6.45) is 3.42. The highest BCUT2D eigenvalue weighted by atomic mass is 32.2. The molecule has 0 saturated carbocycles. The molecule has 0 radical (unpaired) electrons. The van der Waals surface area contributed by atoms with Crippen LogP contribution in [0.15, 0.2) is 12.1 Å². The normalized spacial score (nSPS) is 10.8. The summed E-state index contributed by atoms with van der Waals surface area (Å²) in [6, 6.07) is 4.54. The molecule has 0 unspecified atom stereocenters. The maximum absolute atomic E-state index is 3.52. The zero-order valence-corrected chi connectivity index (χ0v) is 11.7. The van der Waals surface area contributed by atoms with Crippen molar-refractivity contribution in [2.45, 2.75) is 33.7 Å². The summed E-state index contributed by atoms with van der Waals surface area (Å²) < 4.78 is 0. The van der Waals surface area contributed by atoms with Crippen molar-refractivity contribution in [2.75, 3.05) is 18.6 Å². The number of hydrogen-bond acceptors (Lipinski definition) is 2. The van der Waals surface area contributed by atoms with Crippen LogP contribution in [0, 0.1) is 20.8 Å². The Labute approximate surface area is 104 Å². The number of rotatable bonds is 6. The summed E-state index contributed by atoms with van der Waals surface area (Å²) in [5.41, 5.74) is 5.65. The minimum Gasteiger partial charge on any atom is -0.313 e. The highest BCUT2D eigenvalue weighted by Crippen LogP contribution is 2.15. The van der Waals surface area contributed by atoms with Gasteiger partial charge >= 0.3 is 0 Å². The first-order valence-corrected chi connectivity index (χ1v) is 7.31. The summed E-state index contributed by atoms with van der Waals surface area (Å²) in [7, 11) is 0. The van der Waals surface area contributed by atoms with Gasteiger partial charge < -0.3 is 5.32 Å². The van der Waals surface area contributed by atoms with Gasteiger partial charge in [-0.1, -0.05) is 17.7 Å². The molecule has 0 aliphatic rings. The lowest BCUT2D eigenvalue weighted by atomic mass is 10.00. The second-order valence-corrected chi connectivity index (χ2v) is 5.39. The Balaban J connectivity index is 2.47. The fourth-order valence-electron chi connectivity index (χ4n) is 2.04. The standard InChI is InChI=1S/C14H23NS/c1-11-8-12(2)14(13(3)9-11)10-15-6-5-7-16-4/h8-9,15H,5-7,10H2,1-4H3. The van der Waals surface area contributed by atoms with Gasteiger partial charge in [0, 0.05) is 6.54 Å². The first kappa shape index (κ1) is 13.6. The van der Waals surface area contributed by atoms with Crippen LogP contribution in [-0.4, -0.2) is 18.6 Å². The third-order valence-corrected chi connectivity index (χ3v) is 3.54. The largest absolute Gasteiger partial charge is 0.313 e. The van der Waals surface area contributed by atoms with Crippen molar-refractivity contribution >= 4 is 11.8 Å². The van der Waals surface area contributed by atoms with Crippen molar-refractivity contribution in [3.05, 3.63) is 34.4 Å². The van der Waals surface area contributed by atoms with Gasteiger partial charge in [0.2, 0.25) is 0 Å². The van der Waals surface area contributed by atoms with E-state index >= 15 is 0 Å². The molecular weight excluding hydrogens is 214 g/mol. The van der Waals surface area contributed by atoms with E-state index in [1.807, 2.05) is 11.8 Å². The molecule has 0 fully saturated rings. The van der Waals surface area contributed by atoms with Crippen LogP contribution >= 0.6 is 11.8 Å². The number of benzene rings is 1. The number of hydrogen-bond donors (Lipinski definition) is 1. The Morgan fingerprint density at radius 3 is 2.31 bits per heavy atom. The van der Waals surface area contributed by atoms with Gasteiger partial charge in [-0.05, 0) is 62.4 Å². The molecule has 1 rings (SSSR count). The maximum atomic E-state index is 3.52. The molecule has 0 amide bonds. The summed E-state index contributed by atoms with van der Waals surface area (Å²) in [4.78, 5) is 0. The number of aryl methyl sites for hydroxylation is 3. The van der Waals surface area contributed by atoms with Crippen LogP contribution < -0.4 is 5.32 Å². The second-order valence-electron chi connectivity index (χ2n) is 4.40. The van der Waals surface area contributed by atoms with E-state index < -0.39 is 0 Å². The molecule has 2 heteroatoms. The van der Waals surface area contributed by atoms with Gasteiger partial charge in [0.15, 0.2) is 0 Å². The van der Waals surface area contributed by atoms with Crippen LogP contribution in [0.5, 0.6) is 0 Å². The number of thioether (sulfide) groups is 1. The van der Waals surface area contributed by atoms with E-state index in [0.29, 0.717) is 0 Å². The fraction of sp³-hybridized carbons (Fsp3) is 0.571. The molecule has 0 spiro atoms. The Hall–Kier alpha value is -0.470. The predicted molar refractivity (Wildman–Crippen MR) is 75.4 cm³/mol. The molecule has 16 heavy (non-hydrogen) atoms. The Kier molecular flexibility index (Phi) is 5.93. The molecule has 0 aliphatic heterocycles. The lowest BCUT2D eigenvalue weighted by Gasteiger charge is -2.12. The SMILES string of the molecule is CSCCCNCc1c(C)cc(C)cc1C. The van der Waals surface area contributed by atoms with Gasteiger partial charge in [0.25, 0.3) is 0 Å². The van der Waals surface area contributed by atoms with E-state index in [4.69, 9.17) is 0 Å². The smallest absolute Gasteiger partial charge is 0.0210 e. The van der Waals surface area contributed by atoms with Crippen LogP contribution in [-0.2, 0) is 6.54 Å². The van der Waals surface area contributed by atoms with Gasteiger partial charge in [-0.25, -0.2) is 0 Å². The zero-order valence-electron chi connectivity index (χ0n) is 10.9. The van der Waals surface area contributed by atoms with Crippen molar-refractivity contribution in [1.82, 2.24) is 5.32 Å². The summed E-state index contributed by atoms with van der Waals surface area (Å²) in [5.74, 6) is 1.25. The minimum absolute atomic E-state index is 1.01. The monoisotopic (exact) mass is 237 g/mol. The minimum atomic E-state index is 1.01. The molecule has 90 valence electrons. The van der Waals surface area contributed by atoms with Crippen molar-refractivity contribution in [3.8, 4) is 0 Å². The quantitative estimate of drug-likeness (QED) is 0.761. The van der Waals surface area contributed by atoms with Gasteiger partial charge in [0.1, 0.15) is 0 Å². The van der Waals surface area contributed by atoms with Crippen LogP contribution in [0.25, 0.3) is 0 Å².